The molecule has 0 amide bonds. The van der Waals surface area contributed by atoms with Crippen molar-refractivity contribution in [3.63, 3.8) is 0 Å². The molecular formula is C11H14S. The van der Waals surface area contributed by atoms with Gasteiger partial charge in [-0.1, -0.05) is 26.0 Å². The van der Waals surface area contributed by atoms with Gasteiger partial charge in [0, 0.05) is 4.70 Å². The van der Waals surface area contributed by atoms with Crippen LogP contribution in [-0.2, 0) is 0 Å². The monoisotopic (exact) mass is 178 g/mol. The molecule has 0 saturated heterocycles. The number of hydrogen-bond acceptors (Lipinski definition) is 1. The molecule has 0 unspecified atom stereocenters. The Balaban J connectivity index is 0.000000336. The molecule has 0 radical (unpaired) electrons. The molecule has 0 aliphatic heterocycles. The van der Waals surface area contributed by atoms with Crippen molar-refractivity contribution in [3.05, 3.63) is 35.2 Å². The van der Waals surface area contributed by atoms with E-state index in [1.54, 1.807) is 11.3 Å². The van der Waals surface area contributed by atoms with Gasteiger partial charge in [0.1, 0.15) is 0 Å². The van der Waals surface area contributed by atoms with Crippen LogP contribution in [0.1, 0.15) is 19.4 Å². The Morgan fingerprint density at radius 1 is 1.08 bits per heavy atom. The van der Waals surface area contributed by atoms with Crippen LogP contribution in [-0.4, -0.2) is 0 Å². The van der Waals surface area contributed by atoms with Gasteiger partial charge < -0.3 is 0 Å². The minimum Gasteiger partial charge on any atom is -0.144 e. The van der Waals surface area contributed by atoms with E-state index in [-0.39, 0.29) is 0 Å². The first-order valence-corrected chi connectivity index (χ1v) is 5.19. The van der Waals surface area contributed by atoms with E-state index >= 15 is 0 Å². The molecule has 0 saturated carbocycles. The van der Waals surface area contributed by atoms with E-state index in [1.807, 2.05) is 13.8 Å². The van der Waals surface area contributed by atoms with Crippen LogP contribution in [0.15, 0.2) is 29.6 Å². The van der Waals surface area contributed by atoms with Crippen molar-refractivity contribution in [3.8, 4) is 0 Å². The third-order valence-corrected chi connectivity index (χ3v) is 2.60. The summed E-state index contributed by atoms with van der Waals surface area (Å²) in [5.41, 5.74) is 1.37. The second kappa shape index (κ2) is 4.27. The highest BCUT2D eigenvalue weighted by atomic mass is 32.1. The molecule has 0 atom stereocenters. The summed E-state index contributed by atoms with van der Waals surface area (Å²) in [6, 6.07) is 8.59. The number of benzene rings is 1. The largest absolute Gasteiger partial charge is 0.144 e. The number of rotatable bonds is 0. The molecule has 0 aliphatic carbocycles. The van der Waals surface area contributed by atoms with Crippen LogP contribution in [0.3, 0.4) is 0 Å². The first kappa shape index (κ1) is 9.27. The zero-order chi connectivity index (χ0) is 8.97. The topological polar surface area (TPSA) is 0 Å². The van der Waals surface area contributed by atoms with Crippen molar-refractivity contribution < 1.29 is 0 Å². The van der Waals surface area contributed by atoms with Crippen molar-refractivity contribution >= 4 is 21.4 Å². The molecule has 1 aromatic carbocycles. The minimum absolute atomic E-state index is 1.37. The van der Waals surface area contributed by atoms with Crippen LogP contribution in [0.25, 0.3) is 10.1 Å². The van der Waals surface area contributed by atoms with Gasteiger partial charge in [-0.25, -0.2) is 0 Å². The van der Waals surface area contributed by atoms with Crippen LogP contribution >= 0.6 is 11.3 Å². The van der Waals surface area contributed by atoms with Crippen LogP contribution < -0.4 is 0 Å². The molecule has 1 heterocycles. The zero-order valence-electron chi connectivity index (χ0n) is 7.79. The summed E-state index contributed by atoms with van der Waals surface area (Å²) < 4.78 is 1.39. The molecule has 0 spiro atoms. The lowest BCUT2D eigenvalue weighted by Gasteiger charge is -1.91. The summed E-state index contributed by atoms with van der Waals surface area (Å²) >= 11 is 1.80. The van der Waals surface area contributed by atoms with Crippen molar-refractivity contribution in [1.82, 2.24) is 0 Å². The first-order chi connectivity index (χ1) is 5.88. The fourth-order valence-corrected chi connectivity index (χ4v) is 2.01. The SMILES string of the molecule is CC.Cc1cccc2sccc12. The predicted molar refractivity (Wildman–Crippen MR) is 57.9 cm³/mol. The molecule has 2 rings (SSSR count). The maximum absolute atomic E-state index is 2.18. The maximum atomic E-state index is 2.18. The molecule has 2 aromatic rings. The highest BCUT2D eigenvalue weighted by Gasteiger charge is 1.94. The van der Waals surface area contributed by atoms with E-state index in [0.29, 0.717) is 0 Å². The van der Waals surface area contributed by atoms with Gasteiger partial charge in [-0.05, 0) is 35.4 Å². The summed E-state index contributed by atoms with van der Waals surface area (Å²) in [5.74, 6) is 0. The number of hydrogen-bond donors (Lipinski definition) is 0. The fraction of sp³-hybridized carbons (Fsp3) is 0.273. The van der Waals surface area contributed by atoms with Gasteiger partial charge >= 0.3 is 0 Å². The summed E-state index contributed by atoms with van der Waals surface area (Å²) in [7, 11) is 0. The van der Waals surface area contributed by atoms with Gasteiger partial charge in [0.05, 0.1) is 0 Å². The molecule has 0 fully saturated rings. The lowest BCUT2D eigenvalue weighted by molar-refractivity contribution is 1.50. The molecule has 1 aromatic heterocycles. The van der Waals surface area contributed by atoms with Gasteiger partial charge in [-0.2, -0.15) is 0 Å². The number of thiophene rings is 1. The second-order valence-corrected chi connectivity index (χ2v) is 3.36. The Labute approximate surface area is 77.9 Å². The summed E-state index contributed by atoms with van der Waals surface area (Å²) in [5, 5.41) is 3.53. The Kier molecular flexibility index (Phi) is 3.30. The van der Waals surface area contributed by atoms with Gasteiger partial charge in [0.2, 0.25) is 0 Å². The Morgan fingerprint density at radius 2 is 1.83 bits per heavy atom. The molecule has 0 N–H and O–H groups in total. The Morgan fingerprint density at radius 3 is 2.50 bits per heavy atom. The van der Waals surface area contributed by atoms with Crippen LogP contribution in [0.2, 0.25) is 0 Å². The maximum Gasteiger partial charge on any atom is 0.0345 e. The Hall–Kier alpha value is -0.820. The van der Waals surface area contributed by atoms with Crippen molar-refractivity contribution in [2.45, 2.75) is 20.8 Å². The van der Waals surface area contributed by atoms with E-state index in [1.165, 1.54) is 15.6 Å². The highest BCUT2D eigenvalue weighted by molar-refractivity contribution is 7.17. The summed E-state index contributed by atoms with van der Waals surface area (Å²) in [4.78, 5) is 0. The smallest absolute Gasteiger partial charge is 0.0345 e. The van der Waals surface area contributed by atoms with Gasteiger partial charge in [-0.15, -0.1) is 11.3 Å². The van der Waals surface area contributed by atoms with Crippen LogP contribution in [0.4, 0.5) is 0 Å². The highest BCUT2D eigenvalue weighted by Crippen LogP contribution is 2.22. The average Bonchev–Trinajstić information content (AvgIpc) is 2.57. The second-order valence-electron chi connectivity index (χ2n) is 2.41. The van der Waals surface area contributed by atoms with Crippen molar-refractivity contribution in [2.24, 2.45) is 0 Å². The van der Waals surface area contributed by atoms with Crippen LogP contribution in [0, 0.1) is 6.92 Å². The lowest BCUT2D eigenvalue weighted by atomic mass is 10.2. The van der Waals surface area contributed by atoms with E-state index in [4.69, 9.17) is 0 Å². The standard InChI is InChI=1S/C9H8S.C2H6/c1-7-3-2-4-9-8(7)5-6-10-9;1-2/h2-6H,1H3;1-2H3. The molecule has 64 valence electrons. The molecule has 1 heteroatoms. The fourth-order valence-electron chi connectivity index (χ4n) is 1.15. The summed E-state index contributed by atoms with van der Waals surface area (Å²) in [6.07, 6.45) is 0. The average molecular weight is 178 g/mol. The number of aryl methyl sites for hydroxylation is 1. The van der Waals surface area contributed by atoms with E-state index in [0.717, 1.165) is 0 Å². The third-order valence-electron chi connectivity index (χ3n) is 1.71. The lowest BCUT2D eigenvalue weighted by Crippen LogP contribution is -1.68. The van der Waals surface area contributed by atoms with Crippen molar-refractivity contribution in [2.75, 3.05) is 0 Å². The summed E-state index contributed by atoms with van der Waals surface area (Å²) in [6.45, 7) is 6.15. The van der Waals surface area contributed by atoms with Crippen molar-refractivity contribution in [1.29, 1.82) is 0 Å². The first-order valence-electron chi connectivity index (χ1n) is 4.31. The Bertz CT molecular complexity index is 347. The zero-order valence-corrected chi connectivity index (χ0v) is 8.61. The number of fused-ring (bicyclic) bond motifs is 1. The van der Waals surface area contributed by atoms with E-state index in [9.17, 15) is 0 Å². The van der Waals surface area contributed by atoms with E-state index < -0.39 is 0 Å². The molecule has 12 heavy (non-hydrogen) atoms. The quantitative estimate of drug-likeness (QED) is 0.566. The molecular weight excluding hydrogens is 164 g/mol. The predicted octanol–water partition coefficient (Wildman–Crippen LogP) is 4.24. The molecule has 0 bridgehead atoms. The molecule has 0 aliphatic rings. The normalized spacial score (nSPS) is 9.25. The van der Waals surface area contributed by atoms with Gasteiger partial charge in [0.15, 0.2) is 0 Å². The molecule has 0 nitrogen and oxygen atoms in total. The van der Waals surface area contributed by atoms with Crippen LogP contribution in [0.5, 0.6) is 0 Å². The van der Waals surface area contributed by atoms with Gasteiger partial charge in [-0.3, -0.25) is 0 Å². The minimum atomic E-state index is 1.37. The van der Waals surface area contributed by atoms with Gasteiger partial charge in [0.25, 0.3) is 0 Å². The third kappa shape index (κ3) is 1.67. The van der Waals surface area contributed by atoms with E-state index in [2.05, 4.69) is 36.6 Å².